The maximum Gasteiger partial charge on any atom is 0.472 e. The average Bonchev–Trinajstić information content (AvgIpc) is 3.66. The van der Waals surface area contributed by atoms with Gasteiger partial charge >= 0.3 is 19.8 Å². The number of carbonyl (C=O) groups is 2. The molecule has 0 radical (unpaired) electrons. The third-order valence-electron chi connectivity index (χ3n) is 15.8. The molecule has 0 aromatic heterocycles. The van der Waals surface area contributed by atoms with E-state index >= 15 is 0 Å². The lowest BCUT2D eigenvalue weighted by molar-refractivity contribution is -0.161. The summed E-state index contributed by atoms with van der Waals surface area (Å²) in [5.41, 5.74) is 5.41. The van der Waals surface area contributed by atoms with Crippen LogP contribution in [-0.4, -0.2) is 49.3 Å². The Morgan fingerprint density at radius 1 is 0.337 bits per heavy atom. The minimum atomic E-state index is -4.40. The third-order valence-corrected chi connectivity index (χ3v) is 16.8. The molecule has 0 aliphatic rings. The summed E-state index contributed by atoms with van der Waals surface area (Å²) < 4.78 is 33.2. The number of rotatable bonds is 69. The Balaban J connectivity index is 3.84. The van der Waals surface area contributed by atoms with E-state index in [0.29, 0.717) is 6.42 Å². The molecule has 0 aliphatic heterocycles. The highest BCUT2D eigenvalue weighted by Crippen LogP contribution is 2.43. The molecule has 2 atom stereocenters. The van der Waals surface area contributed by atoms with Gasteiger partial charge < -0.3 is 20.1 Å². The van der Waals surface area contributed by atoms with E-state index in [4.69, 9.17) is 24.3 Å². The summed E-state index contributed by atoms with van der Waals surface area (Å²) in [6.07, 6.45) is 103. The Hall–Kier alpha value is -3.59. The van der Waals surface area contributed by atoms with Gasteiger partial charge in [-0.15, -0.1) is 0 Å². The summed E-state index contributed by atoms with van der Waals surface area (Å²) in [6.45, 7) is 3.56. The largest absolute Gasteiger partial charge is 0.472 e. The predicted molar refractivity (Wildman–Crippen MR) is 385 cm³/mol. The molecule has 2 unspecified atom stereocenters. The molecule has 9 nitrogen and oxygen atoms in total. The minimum Gasteiger partial charge on any atom is -0.462 e. The van der Waals surface area contributed by atoms with Crippen LogP contribution in [0.5, 0.6) is 0 Å². The van der Waals surface area contributed by atoms with Crippen molar-refractivity contribution < 1.29 is 37.6 Å². The molecule has 0 aliphatic carbocycles. The summed E-state index contributed by atoms with van der Waals surface area (Å²) in [5, 5.41) is 0. The summed E-state index contributed by atoms with van der Waals surface area (Å²) in [4.78, 5) is 35.4. The Labute approximate surface area is 549 Å². The standard InChI is InChI=1S/C79H138NO8P/c1-3-5-7-9-11-13-15-17-19-21-23-25-27-29-31-33-35-37-38-40-42-44-46-48-50-52-54-56-58-60-62-64-66-68-70-72-79(82)88-77(76-87-89(83,84)86-74-73-80)75-85-78(81)71-69-67-65-63-61-59-57-55-53-51-49-47-45-43-41-39-36-34-32-30-28-26-24-22-20-18-16-14-12-10-8-6-4-2/h5-8,11-14,17-20,23-26,29-32,77H,3-4,9-10,15-16,21-22,27-28,33-76,80H2,1-2H3,(H,83,84)/b7-5-,8-6-,13-11-,14-12-,19-17-,20-18-,25-23-,26-24-,31-29-,32-30-. The first-order chi connectivity index (χ1) is 43.8. The van der Waals surface area contributed by atoms with E-state index in [9.17, 15) is 19.0 Å². The molecule has 0 aromatic rings. The van der Waals surface area contributed by atoms with Crippen LogP contribution in [0.3, 0.4) is 0 Å². The van der Waals surface area contributed by atoms with Crippen LogP contribution in [0, 0.1) is 0 Å². The molecule has 0 spiro atoms. The first-order valence-corrected chi connectivity index (χ1v) is 38.5. The van der Waals surface area contributed by atoms with E-state index in [0.717, 1.165) is 103 Å². The van der Waals surface area contributed by atoms with E-state index in [1.807, 2.05) is 0 Å². The number of ether oxygens (including phenoxy) is 2. The van der Waals surface area contributed by atoms with Gasteiger partial charge in [0.05, 0.1) is 13.2 Å². The molecular weight excluding hydrogens is 1120 g/mol. The van der Waals surface area contributed by atoms with Crippen molar-refractivity contribution in [1.82, 2.24) is 0 Å². The average molecular weight is 1260 g/mol. The van der Waals surface area contributed by atoms with Crippen LogP contribution >= 0.6 is 7.82 Å². The van der Waals surface area contributed by atoms with E-state index in [2.05, 4.69) is 135 Å². The SMILES string of the molecule is CC/C=C\C/C=C\C/C=C\C/C=C\C/C=C\CCCCCCCCCCCCCCCCCCCCCC(=O)OC(COC(=O)CCCCCCCCCCCCCCCCCCC/C=C\C/C=C\C/C=C\C/C=C\C/C=C\CC)COP(=O)(O)OCCN. The van der Waals surface area contributed by atoms with Crippen LogP contribution in [0.1, 0.15) is 335 Å². The molecule has 0 bridgehead atoms. The van der Waals surface area contributed by atoms with Crippen molar-refractivity contribution in [2.75, 3.05) is 26.4 Å². The van der Waals surface area contributed by atoms with Crippen LogP contribution in [0.4, 0.5) is 0 Å². The number of nitrogens with two attached hydrogens (primary N) is 1. The van der Waals surface area contributed by atoms with Crippen molar-refractivity contribution in [2.45, 2.75) is 341 Å². The fourth-order valence-electron chi connectivity index (χ4n) is 10.5. The zero-order valence-corrected chi connectivity index (χ0v) is 58.5. The molecule has 0 rings (SSSR count). The van der Waals surface area contributed by atoms with Crippen LogP contribution in [0.25, 0.3) is 0 Å². The second-order valence-corrected chi connectivity index (χ2v) is 25.9. The second-order valence-electron chi connectivity index (χ2n) is 24.4. The van der Waals surface area contributed by atoms with Gasteiger partial charge in [-0.3, -0.25) is 18.6 Å². The van der Waals surface area contributed by atoms with Crippen molar-refractivity contribution in [3.8, 4) is 0 Å². The Bertz CT molecular complexity index is 1880. The molecule has 512 valence electrons. The van der Waals surface area contributed by atoms with Gasteiger partial charge in [0.15, 0.2) is 6.10 Å². The van der Waals surface area contributed by atoms with Gasteiger partial charge in [-0.1, -0.05) is 341 Å². The molecule has 0 aromatic carbocycles. The number of carbonyl (C=O) groups excluding carboxylic acids is 2. The van der Waals surface area contributed by atoms with E-state index in [-0.39, 0.29) is 38.6 Å². The molecule has 0 saturated carbocycles. The molecule has 89 heavy (non-hydrogen) atoms. The molecule has 0 heterocycles. The van der Waals surface area contributed by atoms with Gasteiger partial charge in [0, 0.05) is 19.4 Å². The molecular formula is C79H138NO8P. The van der Waals surface area contributed by atoms with Crippen molar-refractivity contribution in [2.24, 2.45) is 5.73 Å². The lowest BCUT2D eigenvalue weighted by atomic mass is 10.0. The lowest BCUT2D eigenvalue weighted by Crippen LogP contribution is -2.29. The predicted octanol–water partition coefficient (Wildman–Crippen LogP) is 24.6. The number of hydrogen-bond acceptors (Lipinski definition) is 8. The highest BCUT2D eigenvalue weighted by atomic mass is 31.2. The first-order valence-electron chi connectivity index (χ1n) is 37.0. The maximum absolute atomic E-state index is 12.8. The minimum absolute atomic E-state index is 0.0514. The molecule has 0 amide bonds. The van der Waals surface area contributed by atoms with Crippen molar-refractivity contribution in [3.05, 3.63) is 122 Å². The Kier molecular flexibility index (Phi) is 70.5. The van der Waals surface area contributed by atoms with E-state index in [1.54, 1.807) is 0 Å². The summed E-state index contributed by atoms with van der Waals surface area (Å²) in [5.74, 6) is -0.816. The number of allylic oxidation sites excluding steroid dienone is 20. The quantitative estimate of drug-likeness (QED) is 0.0264. The van der Waals surface area contributed by atoms with Gasteiger partial charge in [-0.05, 0) is 103 Å². The summed E-state index contributed by atoms with van der Waals surface area (Å²) >= 11 is 0. The van der Waals surface area contributed by atoms with Crippen molar-refractivity contribution in [1.29, 1.82) is 0 Å². The first kappa shape index (κ1) is 85.4. The van der Waals surface area contributed by atoms with E-state index in [1.165, 1.54) is 199 Å². The molecule has 10 heteroatoms. The zero-order chi connectivity index (χ0) is 64.4. The van der Waals surface area contributed by atoms with Gasteiger partial charge in [0.1, 0.15) is 6.61 Å². The highest BCUT2D eigenvalue weighted by Gasteiger charge is 2.26. The summed E-state index contributed by atoms with van der Waals surface area (Å²) in [6, 6.07) is 0. The van der Waals surface area contributed by atoms with Gasteiger partial charge in [0.2, 0.25) is 0 Å². The van der Waals surface area contributed by atoms with Crippen LogP contribution in [0.2, 0.25) is 0 Å². The van der Waals surface area contributed by atoms with Gasteiger partial charge in [-0.2, -0.15) is 0 Å². The van der Waals surface area contributed by atoms with Crippen LogP contribution in [-0.2, 0) is 32.7 Å². The number of phosphoric ester groups is 1. The van der Waals surface area contributed by atoms with Crippen LogP contribution < -0.4 is 5.73 Å². The molecule has 0 saturated heterocycles. The fourth-order valence-corrected chi connectivity index (χ4v) is 11.2. The number of unbranched alkanes of at least 4 members (excludes halogenated alkanes) is 36. The molecule has 0 fully saturated rings. The second kappa shape index (κ2) is 73.5. The Morgan fingerprint density at radius 3 is 0.865 bits per heavy atom. The fraction of sp³-hybridized carbons (Fsp3) is 0.722. The monoisotopic (exact) mass is 1260 g/mol. The van der Waals surface area contributed by atoms with Crippen molar-refractivity contribution >= 4 is 19.8 Å². The van der Waals surface area contributed by atoms with Gasteiger partial charge in [0.25, 0.3) is 0 Å². The van der Waals surface area contributed by atoms with Crippen LogP contribution in [0.15, 0.2) is 122 Å². The molecule has 3 N–H and O–H groups in total. The van der Waals surface area contributed by atoms with Gasteiger partial charge in [-0.25, -0.2) is 4.57 Å². The maximum atomic E-state index is 12.8. The third kappa shape index (κ3) is 73.3. The zero-order valence-electron chi connectivity index (χ0n) is 57.6. The Morgan fingerprint density at radius 2 is 0.584 bits per heavy atom. The number of esters is 2. The highest BCUT2D eigenvalue weighted by molar-refractivity contribution is 7.47. The van der Waals surface area contributed by atoms with E-state index < -0.39 is 26.5 Å². The normalized spacial score (nSPS) is 13.6. The lowest BCUT2D eigenvalue weighted by Gasteiger charge is -2.19. The summed E-state index contributed by atoms with van der Waals surface area (Å²) in [7, 11) is -4.40. The van der Waals surface area contributed by atoms with Crippen molar-refractivity contribution in [3.63, 3.8) is 0 Å². The number of hydrogen-bond donors (Lipinski definition) is 2. The smallest absolute Gasteiger partial charge is 0.462 e. The number of phosphoric acid groups is 1. The topological polar surface area (TPSA) is 134 Å².